The minimum atomic E-state index is 0.103. The average Bonchev–Trinajstić information content (AvgIpc) is 2.66. The Kier molecular flexibility index (Phi) is 5.86. The van der Waals surface area contributed by atoms with Crippen molar-refractivity contribution in [1.82, 2.24) is 15.0 Å². The Morgan fingerprint density at radius 2 is 1.65 bits per heavy atom. The van der Waals surface area contributed by atoms with Crippen LogP contribution in [0, 0.1) is 5.41 Å². The van der Waals surface area contributed by atoms with E-state index in [9.17, 15) is 0 Å². The summed E-state index contributed by atoms with van der Waals surface area (Å²) in [4.78, 5) is 0. The largest absolute Gasteiger partial charge is 0.253 e. The van der Waals surface area contributed by atoms with Gasteiger partial charge in [-0.1, -0.05) is 53.7 Å². The average molecular weight is 239 g/mol. The molecule has 1 rings (SSSR count). The highest BCUT2D eigenvalue weighted by molar-refractivity contribution is 5.09. The molecule has 3 heteroatoms. The van der Waals surface area contributed by atoms with Crippen molar-refractivity contribution in [3.8, 4) is 0 Å². The van der Waals surface area contributed by atoms with Crippen LogP contribution in [0.5, 0.6) is 0 Å². The summed E-state index contributed by atoms with van der Waals surface area (Å²) in [6.07, 6.45) is 3.17. The molecular weight excluding hydrogens is 210 g/mol. The summed E-state index contributed by atoms with van der Waals surface area (Å²) in [5.74, 6) is 0. The molecule has 0 unspecified atom stereocenters. The van der Waals surface area contributed by atoms with Gasteiger partial charge in [-0.3, -0.25) is 4.68 Å². The summed E-state index contributed by atoms with van der Waals surface area (Å²) < 4.78 is 1.89. The summed E-state index contributed by atoms with van der Waals surface area (Å²) in [5.41, 5.74) is 1.52. The molecule has 0 spiro atoms. The second kappa shape index (κ2) is 6.18. The molecule has 1 aromatic rings. The molecule has 0 bridgehead atoms. The number of hydrogen-bond acceptors (Lipinski definition) is 2. The van der Waals surface area contributed by atoms with Crippen molar-refractivity contribution in [2.75, 3.05) is 0 Å². The van der Waals surface area contributed by atoms with Gasteiger partial charge in [0, 0.05) is 18.2 Å². The molecule has 0 N–H and O–H groups in total. The Bertz CT molecular complexity index is 318. The van der Waals surface area contributed by atoms with E-state index < -0.39 is 0 Å². The molecule has 0 aliphatic heterocycles. The number of aromatic nitrogens is 3. The van der Waals surface area contributed by atoms with Gasteiger partial charge in [0.15, 0.2) is 0 Å². The Labute approximate surface area is 107 Å². The first kappa shape index (κ1) is 16.1. The van der Waals surface area contributed by atoms with Crippen LogP contribution < -0.4 is 0 Å². The molecule has 1 heterocycles. The van der Waals surface area contributed by atoms with Gasteiger partial charge in [0.1, 0.15) is 0 Å². The lowest BCUT2D eigenvalue weighted by Crippen LogP contribution is -2.25. The molecule has 0 aliphatic carbocycles. The van der Waals surface area contributed by atoms with Gasteiger partial charge in [0.25, 0.3) is 0 Å². The maximum Gasteiger partial charge on any atom is 0.0883 e. The Morgan fingerprint density at radius 3 is 2.00 bits per heavy atom. The zero-order chi connectivity index (χ0) is 13.7. The third-order valence-corrected chi connectivity index (χ3v) is 2.53. The van der Waals surface area contributed by atoms with Crippen LogP contribution in [0.15, 0.2) is 6.20 Å². The van der Waals surface area contributed by atoms with Crippen LogP contribution in [0.25, 0.3) is 0 Å². The highest BCUT2D eigenvalue weighted by Crippen LogP contribution is 2.34. The van der Waals surface area contributed by atoms with Crippen molar-refractivity contribution in [2.45, 2.75) is 73.8 Å². The second-order valence-corrected chi connectivity index (χ2v) is 6.08. The van der Waals surface area contributed by atoms with E-state index >= 15 is 0 Å². The van der Waals surface area contributed by atoms with Crippen LogP contribution in [0.2, 0.25) is 0 Å². The SMILES string of the molecule is CC.CCn1cc(C(C)(C)CC(C)(C)C)nn1. The monoisotopic (exact) mass is 239 g/mol. The van der Waals surface area contributed by atoms with Crippen LogP contribution in [0.3, 0.4) is 0 Å². The van der Waals surface area contributed by atoms with Crippen LogP contribution >= 0.6 is 0 Å². The highest BCUT2D eigenvalue weighted by Gasteiger charge is 2.29. The first-order valence-corrected chi connectivity index (χ1v) is 6.65. The van der Waals surface area contributed by atoms with E-state index in [-0.39, 0.29) is 5.41 Å². The van der Waals surface area contributed by atoms with E-state index in [0.717, 1.165) is 18.7 Å². The highest BCUT2D eigenvalue weighted by atomic mass is 15.4. The number of aryl methyl sites for hydroxylation is 1. The van der Waals surface area contributed by atoms with Gasteiger partial charge >= 0.3 is 0 Å². The lowest BCUT2D eigenvalue weighted by atomic mass is 9.75. The number of rotatable bonds is 3. The summed E-state index contributed by atoms with van der Waals surface area (Å²) in [6.45, 7) is 18.2. The van der Waals surface area contributed by atoms with Crippen LogP contribution in [0.1, 0.15) is 67.5 Å². The van der Waals surface area contributed by atoms with Crippen molar-refractivity contribution in [3.63, 3.8) is 0 Å². The molecule has 17 heavy (non-hydrogen) atoms. The Hall–Kier alpha value is -0.860. The molecular formula is C14H29N3. The predicted molar refractivity (Wildman–Crippen MR) is 74.1 cm³/mol. The minimum Gasteiger partial charge on any atom is -0.253 e. The van der Waals surface area contributed by atoms with Gasteiger partial charge in [-0.15, -0.1) is 5.10 Å². The summed E-state index contributed by atoms with van der Waals surface area (Å²) in [6, 6.07) is 0. The maximum atomic E-state index is 4.26. The summed E-state index contributed by atoms with van der Waals surface area (Å²) in [7, 11) is 0. The van der Waals surface area contributed by atoms with E-state index in [1.165, 1.54) is 0 Å². The topological polar surface area (TPSA) is 30.7 Å². The van der Waals surface area contributed by atoms with E-state index in [2.05, 4.69) is 58.1 Å². The zero-order valence-electron chi connectivity index (χ0n) is 12.8. The molecule has 3 nitrogen and oxygen atoms in total. The predicted octanol–water partition coefficient (Wildman–Crippen LogP) is 4.04. The van der Waals surface area contributed by atoms with Gasteiger partial charge < -0.3 is 0 Å². The van der Waals surface area contributed by atoms with E-state index in [1.807, 2.05) is 18.5 Å². The normalized spacial score (nSPS) is 12.0. The fourth-order valence-corrected chi connectivity index (χ4v) is 2.18. The minimum absolute atomic E-state index is 0.103. The Morgan fingerprint density at radius 1 is 1.12 bits per heavy atom. The lowest BCUT2D eigenvalue weighted by molar-refractivity contribution is 0.279. The first-order valence-electron chi connectivity index (χ1n) is 6.65. The smallest absolute Gasteiger partial charge is 0.0883 e. The molecule has 0 aliphatic rings. The third kappa shape index (κ3) is 5.33. The van der Waals surface area contributed by atoms with Gasteiger partial charge in [0.2, 0.25) is 0 Å². The quantitative estimate of drug-likeness (QED) is 0.797. The summed E-state index contributed by atoms with van der Waals surface area (Å²) >= 11 is 0. The molecule has 0 aromatic carbocycles. The van der Waals surface area contributed by atoms with E-state index in [4.69, 9.17) is 0 Å². The molecule has 0 amide bonds. The van der Waals surface area contributed by atoms with Crippen LogP contribution in [-0.2, 0) is 12.0 Å². The van der Waals surface area contributed by atoms with Gasteiger partial charge in [-0.05, 0) is 18.8 Å². The maximum absolute atomic E-state index is 4.26. The van der Waals surface area contributed by atoms with Crippen molar-refractivity contribution < 1.29 is 0 Å². The van der Waals surface area contributed by atoms with Gasteiger partial charge in [0.05, 0.1) is 5.69 Å². The Balaban J connectivity index is 0.00000121. The second-order valence-electron chi connectivity index (χ2n) is 6.08. The van der Waals surface area contributed by atoms with E-state index in [0.29, 0.717) is 5.41 Å². The number of hydrogen-bond donors (Lipinski definition) is 0. The molecule has 0 atom stereocenters. The molecule has 0 fully saturated rings. The van der Waals surface area contributed by atoms with Crippen LogP contribution in [0.4, 0.5) is 0 Å². The van der Waals surface area contributed by atoms with Crippen molar-refractivity contribution in [2.24, 2.45) is 5.41 Å². The molecule has 0 saturated heterocycles. The lowest BCUT2D eigenvalue weighted by Gasteiger charge is -2.30. The van der Waals surface area contributed by atoms with Crippen molar-refractivity contribution in [1.29, 1.82) is 0 Å². The first-order chi connectivity index (χ1) is 7.74. The molecule has 1 aromatic heterocycles. The van der Waals surface area contributed by atoms with Gasteiger partial charge in [-0.25, -0.2) is 0 Å². The standard InChI is InChI=1S/C12H23N3.C2H6/c1-7-15-8-10(13-14-15)12(5,6)9-11(2,3)4;1-2/h8H,7,9H2,1-6H3;1-2H3. The zero-order valence-corrected chi connectivity index (χ0v) is 12.8. The number of nitrogens with zero attached hydrogens (tertiary/aromatic N) is 3. The van der Waals surface area contributed by atoms with Gasteiger partial charge in [-0.2, -0.15) is 0 Å². The molecule has 100 valence electrons. The van der Waals surface area contributed by atoms with Crippen LogP contribution in [-0.4, -0.2) is 15.0 Å². The van der Waals surface area contributed by atoms with Crippen molar-refractivity contribution in [3.05, 3.63) is 11.9 Å². The van der Waals surface area contributed by atoms with E-state index in [1.54, 1.807) is 0 Å². The fourth-order valence-electron chi connectivity index (χ4n) is 2.18. The molecule has 0 radical (unpaired) electrons. The third-order valence-electron chi connectivity index (χ3n) is 2.53. The van der Waals surface area contributed by atoms with Crippen molar-refractivity contribution >= 4 is 0 Å². The molecule has 0 saturated carbocycles. The fraction of sp³-hybridized carbons (Fsp3) is 0.857. The summed E-state index contributed by atoms with van der Waals surface area (Å²) in [5, 5.41) is 8.35.